The van der Waals surface area contributed by atoms with Crippen LogP contribution in [0.15, 0.2) is 16.6 Å². The molecule has 0 bridgehead atoms. The first-order valence-corrected chi connectivity index (χ1v) is 6.14. The Kier molecular flexibility index (Phi) is 4.20. The van der Waals surface area contributed by atoms with Crippen LogP contribution in [0, 0.1) is 6.92 Å². The van der Waals surface area contributed by atoms with E-state index in [4.69, 9.17) is 9.84 Å². The van der Waals surface area contributed by atoms with Gasteiger partial charge in [0.15, 0.2) is 0 Å². The fourth-order valence-corrected chi connectivity index (χ4v) is 2.37. The fraction of sp³-hybridized carbons (Fsp3) is 0.462. The van der Waals surface area contributed by atoms with Gasteiger partial charge in [-0.1, -0.05) is 26.0 Å². The maximum absolute atomic E-state index is 10.9. The number of hydrogen-bond donors (Lipinski definition) is 1. The van der Waals surface area contributed by atoms with E-state index < -0.39 is 11.4 Å². The molecule has 0 atom stereocenters. The van der Waals surface area contributed by atoms with Gasteiger partial charge in [-0.15, -0.1) is 0 Å². The van der Waals surface area contributed by atoms with Crippen molar-refractivity contribution in [2.24, 2.45) is 0 Å². The van der Waals surface area contributed by atoms with E-state index in [2.05, 4.69) is 15.9 Å². The summed E-state index contributed by atoms with van der Waals surface area (Å²) in [6.07, 6.45) is 0.0683. The van der Waals surface area contributed by atoms with E-state index in [0.29, 0.717) is 0 Å². The maximum atomic E-state index is 10.9. The molecule has 0 aromatic heterocycles. The molecule has 17 heavy (non-hydrogen) atoms. The summed E-state index contributed by atoms with van der Waals surface area (Å²) in [5, 5.41) is 8.95. The molecule has 3 nitrogen and oxygen atoms in total. The number of carbonyl (C=O) groups is 1. The molecule has 0 fully saturated rings. The molecular weight excluding hydrogens is 284 g/mol. The highest BCUT2D eigenvalue weighted by molar-refractivity contribution is 9.10. The van der Waals surface area contributed by atoms with Gasteiger partial charge < -0.3 is 9.84 Å². The van der Waals surface area contributed by atoms with Crippen molar-refractivity contribution in [3.8, 4) is 5.75 Å². The topological polar surface area (TPSA) is 46.5 Å². The molecule has 0 aliphatic heterocycles. The molecule has 1 rings (SSSR count). The minimum absolute atomic E-state index is 0.0683. The molecule has 0 saturated carbocycles. The minimum Gasteiger partial charge on any atom is -0.495 e. The highest BCUT2D eigenvalue weighted by atomic mass is 79.9. The van der Waals surface area contributed by atoms with Crippen LogP contribution in [0.3, 0.4) is 0 Å². The molecule has 0 amide bonds. The number of hydrogen-bond acceptors (Lipinski definition) is 2. The number of halogens is 1. The van der Waals surface area contributed by atoms with Crippen LogP contribution < -0.4 is 4.74 Å². The third kappa shape index (κ3) is 3.00. The normalized spacial score (nSPS) is 11.4. The average molecular weight is 301 g/mol. The summed E-state index contributed by atoms with van der Waals surface area (Å²) in [5.41, 5.74) is 1.50. The van der Waals surface area contributed by atoms with E-state index >= 15 is 0 Å². The molecule has 0 saturated heterocycles. The standard InChI is InChI=1S/C13H17BrO3/c1-8-5-6-9(12(17-4)11(8)14)13(2,3)7-10(15)16/h5-6H,7H2,1-4H3,(H,15,16). The van der Waals surface area contributed by atoms with Crippen LogP contribution in [0.25, 0.3) is 0 Å². The van der Waals surface area contributed by atoms with Crippen molar-refractivity contribution in [3.63, 3.8) is 0 Å². The molecular formula is C13H17BrO3. The molecule has 1 aromatic carbocycles. The van der Waals surface area contributed by atoms with E-state index in [1.165, 1.54) is 0 Å². The highest BCUT2D eigenvalue weighted by Gasteiger charge is 2.28. The Bertz CT molecular complexity index is 439. The Labute approximate surface area is 110 Å². The van der Waals surface area contributed by atoms with Gasteiger partial charge in [0.25, 0.3) is 0 Å². The lowest BCUT2D eigenvalue weighted by molar-refractivity contribution is -0.138. The molecule has 0 aliphatic rings. The number of methoxy groups -OCH3 is 1. The van der Waals surface area contributed by atoms with Crippen LogP contribution in [0.1, 0.15) is 31.4 Å². The number of benzene rings is 1. The molecule has 1 N–H and O–H groups in total. The third-order valence-electron chi connectivity index (χ3n) is 2.82. The first-order chi connectivity index (χ1) is 7.79. The van der Waals surface area contributed by atoms with Gasteiger partial charge in [-0.05, 0) is 28.4 Å². The van der Waals surface area contributed by atoms with Gasteiger partial charge >= 0.3 is 5.97 Å². The van der Waals surface area contributed by atoms with Crippen LogP contribution >= 0.6 is 15.9 Å². The zero-order valence-electron chi connectivity index (χ0n) is 10.5. The summed E-state index contributed by atoms with van der Waals surface area (Å²) < 4.78 is 6.27. The summed E-state index contributed by atoms with van der Waals surface area (Å²) in [6.45, 7) is 5.78. The summed E-state index contributed by atoms with van der Waals surface area (Å²) in [7, 11) is 1.60. The Morgan fingerprint density at radius 2 is 2.06 bits per heavy atom. The largest absolute Gasteiger partial charge is 0.495 e. The van der Waals surface area contributed by atoms with Crippen molar-refractivity contribution in [2.75, 3.05) is 7.11 Å². The third-order valence-corrected chi connectivity index (χ3v) is 3.80. The maximum Gasteiger partial charge on any atom is 0.304 e. The quantitative estimate of drug-likeness (QED) is 0.925. The Hall–Kier alpha value is -1.03. The van der Waals surface area contributed by atoms with Gasteiger partial charge in [0.1, 0.15) is 5.75 Å². The van der Waals surface area contributed by atoms with Crippen LogP contribution in [-0.2, 0) is 10.2 Å². The van der Waals surface area contributed by atoms with Crippen LogP contribution in [0.2, 0.25) is 0 Å². The SMILES string of the molecule is COc1c(C(C)(C)CC(=O)O)ccc(C)c1Br. The number of carboxylic acid groups (broad SMARTS) is 1. The predicted molar refractivity (Wildman–Crippen MR) is 70.7 cm³/mol. The Morgan fingerprint density at radius 3 is 2.53 bits per heavy atom. The summed E-state index contributed by atoms with van der Waals surface area (Å²) in [4.78, 5) is 10.9. The number of aliphatic carboxylic acids is 1. The average Bonchev–Trinajstić information content (AvgIpc) is 2.19. The summed E-state index contributed by atoms with van der Waals surface area (Å²) in [5.74, 6) is -0.0926. The second-order valence-corrected chi connectivity index (χ2v) is 5.52. The van der Waals surface area contributed by atoms with Crippen molar-refractivity contribution >= 4 is 21.9 Å². The number of aryl methyl sites for hydroxylation is 1. The molecule has 0 radical (unpaired) electrons. The molecule has 0 spiro atoms. The summed E-state index contributed by atoms with van der Waals surface area (Å²) in [6, 6.07) is 3.90. The number of ether oxygens (including phenoxy) is 1. The molecule has 0 heterocycles. The van der Waals surface area contributed by atoms with Gasteiger partial charge in [-0.2, -0.15) is 0 Å². The first kappa shape index (κ1) is 14.0. The molecule has 0 aliphatic carbocycles. The van der Waals surface area contributed by atoms with Gasteiger partial charge in [-0.3, -0.25) is 4.79 Å². The van der Waals surface area contributed by atoms with E-state index in [1.54, 1.807) is 7.11 Å². The number of carboxylic acids is 1. The zero-order chi connectivity index (χ0) is 13.2. The molecule has 1 aromatic rings. The van der Waals surface area contributed by atoms with E-state index in [1.807, 2.05) is 32.9 Å². The first-order valence-electron chi connectivity index (χ1n) is 5.35. The van der Waals surface area contributed by atoms with Crippen molar-refractivity contribution < 1.29 is 14.6 Å². The fourth-order valence-electron chi connectivity index (χ4n) is 1.86. The highest BCUT2D eigenvalue weighted by Crippen LogP contribution is 2.40. The van der Waals surface area contributed by atoms with Crippen molar-refractivity contribution in [1.82, 2.24) is 0 Å². The minimum atomic E-state index is -0.811. The smallest absolute Gasteiger partial charge is 0.304 e. The Balaban J connectivity index is 3.31. The molecule has 94 valence electrons. The van der Waals surface area contributed by atoms with Gasteiger partial charge in [0, 0.05) is 11.0 Å². The monoisotopic (exact) mass is 300 g/mol. The van der Waals surface area contributed by atoms with Crippen LogP contribution in [0.5, 0.6) is 5.75 Å². The van der Waals surface area contributed by atoms with Gasteiger partial charge in [-0.25, -0.2) is 0 Å². The van der Waals surface area contributed by atoms with E-state index in [0.717, 1.165) is 21.3 Å². The van der Waals surface area contributed by atoms with E-state index in [9.17, 15) is 4.79 Å². The van der Waals surface area contributed by atoms with E-state index in [-0.39, 0.29) is 6.42 Å². The summed E-state index contributed by atoms with van der Waals surface area (Å²) >= 11 is 3.48. The van der Waals surface area contributed by atoms with Crippen LogP contribution in [-0.4, -0.2) is 18.2 Å². The van der Waals surface area contributed by atoms with Crippen molar-refractivity contribution in [3.05, 3.63) is 27.7 Å². The van der Waals surface area contributed by atoms with Gasteiger partial charge in [0.05, 0.1) is 18.0 Å². The second kappa shape index (κ2) is 5.08. The molecule has 4 heteroatoms. The number of rotatable bonds is 4. The lowest BCUT2D eigenvalue weighted by Crippen LogP contribution is -2.22. The lowest BCUT2D eigenvalue weighted by Gasteiger charge is -2.26. The second-order valence-electron chi connectivity index (χ2n) is 4.73. The van der Waals surface area contributed by atoms with Gasteiger partial charge in [0.2, 0.25) is 0 Å². The van der Waals surface area contributed by atoms with Crippen molar-refractivity contribution in [1.29, 1.82) is 0 Å². The Morgan fingerprint density at radius 1 is 1.47 bits per heavy atom. The molecule has 0 unspecified atom stereocenters. The predicted octanol–water partition coefficient (Wildman–Crippen LogP) is 3.52. The lowest BCUT2D eigenvalue weighted by atomic mass is 9.80. The zero-order valence-corrected chi connectivity index (χ0v) is 12.1. The van der Waals surface area contributed by atoms with Crippen LogP contribution in [0.4, 0.5) is 0 Å². The van der Waals surface area contributed by atoms with Crippen molar-refractivity contribution in [2.45, 2.75) is 32.6 Å².